The van der Waals surface area contributed by atoms with Crippen molar-refractivity contribution in [2.45, 2.75) is 30.2 Å². The monoisotopic (exact) mass is 646 g/mol. The maximum absolute atomic E-state index is 13.2. The van der Waals surface area contributed by atoms with Gasteiger partial charge in [0.1, 0.15) is 5.84 Å². The Morgan fingerprint density at radius 3 is 2.39 bits per heavy atom. The first-order valence-electron chi connectivity index (χ1n) is 13.8. The third-order valence-electron chi connectivity index (χ3n) is 6.45. The summed E-state index contributed by atoms with van der Waals surface area (Å²) in [5, 5.41) is 24.9. The molecule has 0 radical (unpaired) electrons. The summed E-state index contributed by atoms with van der Waals surface area (Å²) in [5.74, 6) is -1.82. The molecule has 0 saturated heterocycles. The number of hydrogen-bond donors (Lipinski definition) is 5. The molecule has 0 aliphatic carbocycles. The van der Waals surface area contributed by atoms with E-state index in [-0.39, 0.29) is 29.2 Å². The predicted molar refractivity (Wildman–Crippen MR) is 172 cm³/mol. The van der Waals surface area contributed by atoms with Crippen molar-refractivity contribution >= 4 is 46.8 Å². The molecule has 0 fully saturated rings. The number of carbonyl (C=O) groups is 3. The van der Waals surface area contributed by atoms with E-state index in [1.54, 1.807) is 55.5 Å². The van der Waals surface area contributed by atoms with Gasteiger partial charge in [0.25, 0.3) is 11.8 Å². The van der Waals surface area contributed by atoms with Gasteiger partial charge in [0, 0.05) is 28.1 Å². The molecule has 46 heavy (non-hydrogen) atoms. The molecule has 0 bridgehead atoms. The van der Waals surface area contributed by atoms with Gasteiger partial charge in [0.05, 0.1) is 23.2 Å². The molecule has 5 N–H and O–H groups in total. The Kier molecular flexibility index (Phi) is 11.0. The number of carboxylic acids is 1. The first-order valence-corrected chi connectivity index (χ1v) is 14.8. The highest BCUT2D eigenvalue weighted by Crippen LogP contribution is 2.30. The Balaban J connectivity index is 1.39. The topological polar surface area (TPSA) is 131 Å². The minimum Gasteiger partial charge on any atom is -0.481 e. The van der Waals surface area contributed by atoms with Crippen molar-refractivity contribution in [1.29, 1.82) is 5.41 Å². The third-order valence-corrected chi connectivity index (χ3v) is 7.52. The normalized spacial score (nSPS) is 11.2. The molecular weight excluding hydrogens is 617 g/mol. The minimum atomic E-state index is -4.50. The zero-order chi connectivity index (χ0) is 33.3. The third kappa shape index (κ3) is 9.83. The molecule has 236 valence electrons. The second-order valence-electron chi connectivity index (χ2n) is 10.1. The Morgan fingerprint density at radius 2 is 1.63 bits per heavy atom. The van der Waals surface area contributed by atoms with Crippen molar-refractivity contribution in [3.8, 4) is 0 Å². The summed E-state index contributed by atoms with van der Waals surface area (Å²) in [7, 11) is 0. The maximum atomic E-state index is 13.2. The number of carboxylic acid groups (broad SMARTS) is 1. The first-order chi connectivity index (χ1) is 21.9. The smallest absolute Gasteiger partial charge is 0.416 e. The highest BCUT2D eigenvalue weighted by Gasteiger charge is 2.30. The fourth-order valence-electron chi connectivity index (χ4n) is 4.28. The van der Waals surface area contributed by atoms with Crippen LogP contribution < -0.4 is 16.0 Å². The van der Waals surface area contributed by atoms with Crippen LogP contribution in [0.1, 0.15) is 43.0 Å². The van der Waals surface area contributed by atoms with E-state index < -0.39 is 29.5 Å². The van der Waals surface area contributed by atoms with Crippen LogP contribution in [-0.4, -0.2) is 28.7 Å². The lowest BCUT2D eigenvalue weighted by atomic mass is 10.1. The number of carbonyl (C=O) groups excluding carboxylic acids is 2. The first kappa shape index (κ1) is 33.5. The molecule has 4 aromatic rings. The van der Waals surface area contributed by atoms with Crippen molar-refractivity contribution in [2.24, 2.45) is 0 Å². The summed E-state index contributed by atoms with van der Waals surface area (Å²) in [6.07, 6.45) is -2.15. The predicted octanol–water partition coefficient (Wildman–Crippen LogP) is 7.52. The lowest BCUT2D eigenvalue weighted by Crippen LogP contribution is -2.29. The summed E-state index contributed by atoms with van der Waals surface area (Å²) >= 11 is 1.51. The van der Waals surface area contributed by atoms with E-state index in [4.69, 9.17) is 10.5 Å². The van der Waals surface area contributed by atoms with Crippen LogP contribution in [0.15, 0.2) is 108 Å². The average Bonchev–Trinajstić information content (AvgIpc) is 3.00. The van der Waals surface area contributed by atoms with Crippen LogP contribution in [-0.2, 0) is 23.1 Å². The van der Waals surface area contributed by atoms with E-state index >= 15 is 0 Å². The van der Waals surface area contributed by atoms with E-state index in [1.807, 2.05) is 18.2 Å². The van der Waals surface area contributed by atoms with E-state index in [0.717, 1.165) is 28.2 Å². The zero-order valence-electron chi connectivity index (χ0n) is 24.4. The summed E-state index contributed by atoms with van der Waals surface area (Å²) in [6, 6.07) is 23.7. The quantitative estimate of drug-likeness (QED) is 0.0651. The molecule has 0 spiro atoms. The Hall–Kier alpha value is -5.36. The number of amides is 2. The fraction of sp³-hybridized carbons (Fsp3) is 0.118. The molecule has 0 heterocycles. The van der Waals surface area contributed by atoms with Crippen LogP contribution in [0.3, 0.4) is 0 Å². The number of amidine groups is 1. The molecule has 4 rings (SSSR count). The Bertz CT molecular complexity index is 1810. The SMILES string of the molecule is Cc1ccc(NC(=O)c2cccc(CSc3cccc(CC(=O)O)c3)c2)c(C(=O)NC(=N)/C=C\Nc2cccc(C(F)(F)F)c2)c1. The number of anilines is 2. The molecule has 0 saturated carbocycles. The average molecular weight is 647 g/mol. The largest absolute Gasteiger partial charge is 0.481 e. The summed E-state index contributed by atoms with van der Waals surface area (Å²) in [4.78, 5) is 38.2. The zero-order valence-corrected chi connectivity index (χ0v) is 25.3. The number of benzene rings is 4. The van der Waals surface area contributed by atoms with Crippen LogP contribution in [0.2, 0.25) is 0 Å². The van der Waals surface area contributed by atoms with Crippen molar-refractivity contribution in [3.05, 3.63) is 137 Å². The van der Waals surface area contributed by atoms with Gasteiger partial charge in [0.2, 0.25) is 0 Å². The molecule has 0 unspecified atom stereocenters. The highest BCUT2D eigenvalue weighted by molar-refractivity contribution is 7.98. The van der Waals surface area contributed by atoms with E-state index in [1.165, 1.54) is 36.2 Å². The number of thioether (sulfide) groups is 1. The number of hydrogen-bond acceptors (Lipinski definition) is 6. The van der Waals surface area contributed by atoms with Crippen LogP contribution in [0, 0.1) is 12.3 Å². The molecule has 0 aliphatic heterocycles. The van der Waals surface area contributed by atoms with Gasteiger partial charge in [-0.25, -0.2) is 0 Å². The van der Waals surface area contributed by atoms with E-state index in [0.29, 0.717) is 16.9 Å². The number of aryl methyl sites for hydroxylation is 1. The van der Waals surface area contributed by atoms with Gasteiger partial charge < -0.3 is 21.1 Å². The molecule has 4 aromatic carbocycles. The standard InChI is InChI=1S/C34H29F3N4O4S/c1-21-11-12-29(28(15-21)33(45)41-30(38)13-14-39-26-9-4-8-25(19-26)34(35,36)37)40-32(44)24-7-2-6-23(16-24)20-46-27-10-3-5-22(17-27)18-31(42)43/h2-17,19,39H,18,20H2,1H3,(H,40,44)(H,42,43)(H2,38,41,45)/b14-13-. The number of rotatable bonds is 11. The number of nitrogens with one attached hydrogen (secondary N) is 4. The Morgan fingerprint density at radius 1 is 0.891 bits per heavy atom. The number of halogens is 3. The second-order valence-corrected chi connectivity index (χ2v) is 11.2. The minimum absolute atomic E-state index is 0.0680. The molecule has 0 aromatic heterocycles. The lowest BCUT2D eigenvalue weighted by molar-refractivity contribution is -0.138. The number of aliphatic carboxylic acids is 1. The summed E-state index contributed by atoms with van der Waals surface area (Å²) in [6.45, 7) is 1.77. The molecule has 12 heteroatoms. The molecule has 0 atom stereocenters. The van der Waals surface area contributed by atoms with Gasteiger partial charge in [-0.2, -0.15) is 13.2 Å². The second kappa shape index (κ2) is 15.1. The van der Waals surface area contributed by atoms with Gasteiger partial charge in [-0.15, -0.1) is 11.8 Å². The summed E-state index contributed by atoms with van der Waals surface area (Å²) < 4.78 is 38.8. The fourth-order valence-corrected chi connectivity index (χ4v) is 5.20. The Labute approximate surface area is 267 Å². The van der Waals surface area contributed by atoms with E-state index in [9.17, 15) is 27.6 Å². The van der Waals surface area contributed by atoms with E-state index in [2.05, 4.69) is 16.0 Å². The van der Waals surface area contributed by atoms with Crippen molar-refractivity contribution in [1.82, 2.24) is 5.32 Å². The summed E-state index contributed by atoms with van der Waals surface area (Å²) in [5.41, 5.74) is 2.33. The molecular formula is C34H29F3N4O4S. The van der Waals surface area contributed by atoms with Crippen molar-refractivity contribution < 1.29 is 32.7 Å². The van der Waals surface area contributed by atoms with Crippen molar-refractivity contribution in [3.63, 3.8) is 0 Å². The van der Waals surface area contributed by atoms with Crippen LogP contribution in [0.4, 0.5) is 24.5 Å². The maximum Gasteiger partial charge on any atom is 0.416 e. The molecule has 8 nitrogen and oxygen atoms in total. The molecule has 2 amide bonds. The van der Waals surface area contributed by atoms with Crippen molar-refractivity contribution in [2.75, 3.05) is 10.6 Å². The van der Waals surface area contributed by atoms with Gasteiger partial charge in [-0.05, 0) is 78.7 Å². The van der Waals surface area contributed by atoms with Gasteiger partial charge in [0.15, 0.2) is 0 Å². The highest BCUT2D eigenvalue weighted by atomic mass is 32.2. The van der Waals surface area contributed by atoms with Gasteiger partial charge >= 0.3 is 12.1 Å². The van der Waals surface area contributed by atoms with Gasteiger partial charge in [-0.3, -0.25) is 19.8 Å². The lowest BCUT2D eigenvalue weighted by Gasteiger charge is -2.13. The number of alkyl halides is 3. The van der Waals surface area contributed by atoms with Crippen LogP contribution in [0.5, 0.6) is 0 Å². The van der Waals surface area contributed by atoms with Gasteiger partial charge in [-0.1, -0.05) is 42.0 Å². The van der Waals surface area contributed by atoms with Crippen LogP contribution >= 0.6 is 11.8 Å². The van der Waals surface area contributed by atoms with Crippen LogP contribution in [0.25, 0.3) is 0 Å². The molecule has 0 aliphatic rings.